The molecule has 1 heterocycles. The van der Waals surface area contributed by atoms with Gasteiger partial charge in [0.25, 0.3) is 0 Å². The predicted molar refractivity (Wildman–Crippen MR) is 130 cm³/mol. The van der Waals surface area contributed by atoms with Gasteiger partial charge in [0.2, 0.25) is 15.9 Å². The molecule has 2 N–H and O–H groups in total. The molecule has 0 aliphatic carbocycles. The Morgan fingerprint density at radius 1 is 1.15 bits per heavy atom. The summed E-state index contributed by atoms with van der Waals surface area (Å²) < 4.78 is 37.8. The number of aromatic amines is 1. The summed E-state index contributed by atoms with van der Waals surface area (Å²) >= 11 is 1.24. The molecule has 0 bridgehead atoms. The number of amides is 1. The van der Waals surface area contributed by atoms with Crippen LogP contribution in [0, 0.1) is 0 Å². The minimum atomic E-state index is -3.67. The van der Waals surface area contributed by atoms with Gasteiger partial charge < -0.3 is 19.8 Å². The maximum Gasteiger partial charge on any atom is 0.243 e. The number of nitrogens with zero attached hydrogens (tertiary/aromatic N) is 2. The average Bonchev–Trinajstić information content (AvgIpc) is 3.21. The number of hydrogen-bond acceptors (Lipinski definition) is 7. The molecule has 11 heteroatoms. The Balaban J connectivity index is 1.72. The van der Waals surface area contributed by atoms with E-state index in [0.29, 0.717) is 36.3 Å². The van der Waals surface area contributed by atoms with E-state index in [1.807, 2.05) is 25.1 Å². The van der Waals surface area contributed by atoms with Gasteiger partial charge in [-0.1, -0.05) is 25.6 Å². The predicted octanol–water partition coefficient (Wildman–Crippen LogP) is 3.73. The Kier molecular flexibility index (Phi) is 8.22. The van der Waals surface area contributed by atoms with Crippen molar-refractivity contribution in [3.8, 4) is 11.5 Å². The summed E-state index contributed by atoms with van der Waals surface area (Å²) in [4.78, 5) is 20.3. The minimum absolute atomic E-state index is 0.0777. The second-order valence-electron chi connectivity index (χ2n) is 6.94. The van der Waals surface area contributed by atoms with Crippen LogP contribution in [0.3, 0.4) is 0 Å². The molecule has 33 heavy (non-hydrogen) atoms. The second kappa shape index (κ2) is 10.9. The number of benzene rings is 2. The summed E-state index contributed by atoms with van der Waals surface area (Å²) in [6.07, 6.45) is 0. The number of anilines is 1. The van der Waals surface area contributed by atoms with Crippen molar-refractivity contribution in [3.63, 3.8) is 0 Å². The van der Waals surface area contributed by atoms with Gasteiger partial charge in [-0.15, -0.1) is 0 Å². The summed E-state index contributed by atoms with van der Waals surface area (Å²) in [5.41, 5.74) is 1.89. The number of fused-ring (bicyclic) bond motifs is 1. The Labute approximate surface area is 197 Å². The minimum Gasteiger partial charge on any atom is -0.495 e. The largest absolute Gasteiger partial charge is 0.495 e. The number of carbonyl (C=O) groups is 1. The fourth-order valence-corrected chi connectivity index (χ4v) is 5.44. The van der Waals surface area contributed by atoms with Crippen LogP contribution in [-0.4, -0.2) is 61.2 Å². The average molecular weight is 493 g/mol. The van der Waals surface area contributed by atoms with Crippen molar-refractivity contribution in [3.05, 3.63) is 36.4 Å². The highest BCUT2D eigenvalue weighted by Crippen LogP contribution is 2.29. The number of aromatic nitrogens is 2. The molecule has 178 valence electrons. The van der Waals surface area contributed by atoms with Gasteiger partial charge in [0, 0.05) is 19.2 Å². The number of rotatable bonds is 11. The highest BCUT2D eigenvalue weighted by Gasteiger charge is 2.23. The molecule has 1 aromatic heterocycles. The molecule has 0 aliphatic heterocycles. The van der Waals surface area contributed by atoms with Crippen LogP contribution < -0.4 is 14.8 Å². The summed E-state index contributed by atoms with van der Waals surface area (Å²) in [6, 6.07) is 10.00. The summed E-state index contributed by atoms with van der Waals surface area (Å²) in [6.45, 7) is 6.75. The zero-order chi connectivity index (χ0) is 24.0. The number of ether oxygens (including phenoxy) is 2. The number of H-pyrrole nitrogens is 1. The number of carbonyl (C=O) groups excluding carboxylic acids is 1. The zero-order valence-corrected chi connectivity index (χ0v) is 20.7. The lowest BCUT2D eigenvalue weighted by molar-refractivity contribution is -0.113. The van der Waals surface area contributed by atoms with Crippen LogP contribution in [0.25, 0.3) is 11.0 Å². The van der Waals surface area contributed by atoms with Crippen molar-refractivity contribution >= 4 is 44.4 Å². The molecule has 3 aromatic rings. The Morgan fingerprint density at radius 3 is 2.58 bits per heavy atom. The highest BCUT2D eigenvalue weighted by atomic mass is 32.2. The van der Waals surface area contributed by atoms with E-state index in [-0.39, 0.29) is 16.6 Å². The first-order valence-corrected chi connectivity index (χ1v) is 13.0. The number of imidazole rings is 1. The van der Waals surface area contributed by atoms with Crippen LogP contribution in [0.5, 0.6) is 11.5 Å². The van der Waals surface area contributed by atoms with E-state index < -0.39 is 10.0 Å². The number of methoxy groups -OCH3 is 1. The monoisotopic (exact) mass is 492 g/mol. The number of hydrogen-bond donors (Lipinski definition) is 2. The second-order valence-corrected chi connectivity index (χ2v) is 9.84. The molecule has 0 aliphatic rings. The fraction of sp³-hybridized carbons (Fsp3) is 0.364. The third kappa shape index (κ3) is 5.79. The van der Waals surface area contributed by atoms with Gasteiger partial charge in [0.1, 0.15) is 11.5 Å². The van der Waals surface area contributed by atoms with Gasteiger partial charge in [-0.3, -0.25) is 4.79 Å². The lowest BCUT2D eigenvalue weighted by Gasteiger charge is -2.19. The van der Waals surface area contributed by atoms with Crippen LogP contribution in [0.15, 0.2) is 46.5 Å². The highest BCUT2D eigenvalue weighted by molar-refractivity contribution is 7.99. The molecule has 0 spiro atoms. The Bertz CT molecular complexity index is 1220. The summed E-state index contributed by atoms with van der Waals surface area (Å²) in [5.74, 6) is 0.883. The summed E-state index contributed by atoms with van der Waals surface area (Å²) in [5, 5.41) is 3.35. The van der Waals surface area contributed by atoms with Crippen LogP contribution in [0.1, 0.15) is 20.8 Å². The first-order valence-electron chi connectivity index (χ1n) is 10.6. The van der Waals surface area contributed by atoms with E-state index in [4.69, 9.17) is 9.47 Å². The molecule has 0 fully saturated rings. The molecule has 0 atom stereocenters. The number of thioether (sulfide) groups is 1. The van der Waals surface area contributed by atoms with Crippen LogP contribution in [-0.2, 0) is 14.8 Å². The zero-order valence-electron chi connectivity index (χ0n) is 19.0. The van der Waals surface area contributed by atoms with E-state index in [1.54, 1.807) is 13.8 Å². The topological polar surface area (TPSA) is 114 Å². The number of sulfonamides is 1. The van der Waals surface area contributed by atoms with Crippen molar-refractivity contribution in [1.29, 1.82) is 0 Å². The van der Waals surface area contributed by atoms with Gasteiger partial charge in [-0.05, 0) is 37.3 Å². The van der Waals surface area contributed by atoms with E-state index >= 15 is 0 Å². The Morgan fingerprint density at radius 2 is 1.91 bits per heavy atom. The lowest BCUT2D eigenvalue weighted by atomic mass is 10.3. The van der Waals surface area contributed by atoms with Gasteiger partial charge >= 0.3 is 0 Å². The molecule has 0 radical (unpaired) electrons. The van der Waals surface area contributed by atoms with E-state index in [9.17, 15) is 13.2 Å². The first kappa shape index (κ1) is 24.9. The van der Waals surface area contributed by atoms with Crippen LogP contribution in [0.4, 0.5) is 5.69 Å². The maximum absolute atomic E-state index is 12.8. The summed E-state index contributed by atoms with van der Waals surface area (Å²) in [7, 11) is -2.20. The lowest BCUT2D eigenvalue weighted by Crippen LogP contribution is -2.30. The third-order valence-electron chi connectivity index (χ3n) is 4.87. The first-order chi connectivity index (χ1) is 15.8. The third-order valence-corrected chi connectivity index (χ3v) is 7.79. The van der Waals surface area contributed by atoms with Crippen molar-refractivity contribution in [2.75, 3.05) is 37.9 Å². The maximum atomic E-state index is 12.8. The van der Waals surface area contributed by atoms with Crippen LogP contribution >= 0.6 is 11.8 Å². The van der Waals surface area contributed by atoms with Crippen molar-refractivity contribution in [2.24, 2.45) is 0 Å². The van der Waals surface area contributed by atoms with Gasteiger partial charge in [-0.2, -0.15) is 4.31 Å². The van der Waals surface area contributed by atoms with E-state index in [0.717, 1.165) is 16.8 Å². The van der Waals surface area contributed by atoms with Gasteiger partial charge in [0.05, 0.1) is 41.1 Å². The molecular formula is C22H28N4O5S2. The molecule has 0 unspecified atom stereocenters. The van der Waals surface area contributed by atoms with Gasteiger partial charge in [0.15, 0.2) is 5.16 Å². The fourth-order valence-electron chi connectivity index (χ4n) is 3.27. The molecular weight excluding hydrogens is 464 g/mol. The Hall–Kier alpha value is -2.76. The molecule has 3 rings (SSSR count). The van der Waals surface area contributed by atoms with Crippen LogP contribution in [0.2, 0.25) is 0 Å². The molecule has 2 aromatic carbocycles. The molecule has 9 nitrogen and oxygen atoms in total. The van der Waals surface area contributed by atoms with Crippen molar-refractivity contribution in [1.82, 2.24) is 14.3 Å². The molecule has 1 amide bonds. The quantitative estimate of drug-likeness (QED) is 0.392. The molecule has 0 saturated heterocycles. The number of nitrogens with one attached hydrogen (secondary N) is 2. The van der Waals surface area contributed by atoms with Crippen molar-refractivity contribution in [2.45, 2.75) is 30.8 Å². The van der Waals surface area contributed by atoms with Crippen molar-refractivity contribution < 1.29 is 22.7 Å². The van der Waals surface area contributed by atoms with E-state index in [2.05, 4.69) is 15.3 Å². The van der Waals surface area contributed by atoms with E-state index in [1.165, 1.54) is 41.4 Å². The van der Waals surface area contributed by atoms with Gasteiger partial charge in [-0.25, -0.2) is 13.4 Å². The smallest absolute Gasteiger partial charge is 0.243 e. The molecule has 0 saturated carbocycles. The standard InChI is InChI=1S/C22H28N4O5S2/c1-5-26(6-2)33(28,29)16-9-11-20(30-4)19(13-16)23-21(27)14-32-22-24-17-10-8-15(31-7-3)12-18(17)25-22/h8-13H,5-7,14H2,1-4H3,(H,23,27)(H,24,25). The SMILES string of the molecule is CCOc1ccc2nc(SCC(=O)Nc3cc(S(=O)(=O)N(CC)CC)ccc3OC)[nH]c2c1. The normalized spacial score (nSPS) is 11.7.